The zero-order valence-corrected chi connectivity index (χ0v) is 10.8. The molecule has 2 fully saturated rings. The minimum absolute atomic E-state index is 0.168. The Kier molecular flexibility index (Phi) is 3.34. The lowest BCUT2D eigenvalue weighted by molar-refractivity contribution is -0.134. The SMILES string of the molecule is O=C1CCC(NCc2cccc(C3CC3)c2)C(=O)N1. The van der Waals surface area contributed by atoms with E-state index in [1.54, 1.807) is 0 Å². The molecule has 2 amide bonds. The molecule has 1 aromatic rings. The van der Waals surface area contributed by atoms with Gasteiger partial charge in [-0.25, -0.2) is 0 Å². The molecule has 1 aliphatic carbocycles. The van der Waals surface area contributed by atoms with Gasteiger partial charge < -0.3 is 5.32 Å². The van der Waals surface area contributed by atoms with E-state index in [4.69, 9.17) is 0 Å². The largest absolute Gasteiger partial charge is 0.302 e. The Morgan fingerprint density at radius 1 is 1.21 bits per heavy atom. The summed E-state index contributed by atoms with van der Waals surface area (Å²) in [6.07, 6.45) is 3.60. The molecule has 3 rings (SSSR count). The van der Waals surface area contributed by atoms with Crippen molar-refractivity contribution in [2.75, 3.05) is 0 Å². The molecule has 19 heavy (non-hydrogen) atoms. The van der Waals surface area contributed by atoms with Crippen molar-refractivity contribution in [2.24, 2.45) is 0 Å². The van der Waals surface area contributed by atoms with Gasteiger partial charge in [0, 0.05) is 13.0 Å². The van der Waals surface area contributed by atoms with Gasteiger partial charge in [-0.05, 0) is 36.3 Å². The third kappa shape index (κ3) is 3.01. The minimum Gasteiger partial charge on any atom is -0.302 e. The summed E-state index contributed by atoms with van der Waals surface area (Å²) in [6.45, 7) is 0.673. The maximum Gasteiger partial charge on any atom is 0.243 e. The number of hydrogen-bond donors (Lipinski definition) is 2. The van der Waals surface area contributed by atoms with E-state index in [-0.39, 0.29) is 17.9 Å². The second-order valence-electron chi connectivity index (χ2n) is 5.40. The topological polar surface area (TPSA) is 58.2 Å². The fourth-order valence-corrected chi connectivity index (χ4v) is 2.50. The van der Waals surface area contributed by atoms with Crippen molar-refractivity contribution in [3.63, 3.8) is 0 Å². The molecule has 2 N–H and O–H groups in total. The number of carbonyl (C=O) groups is 2. The number of piperidine rings is 1. The van der Waals surface area contributed by atoms with Crippen molar-refractivity contribution in [2.45, 2.75) is 44.2 Å². The Balaban J connectivity index is 1.58. The van der Waals surface area contributed by atoms with Gasteiger partial charge in [-0.15, -0.1) is 0 Å². The first-order valence-corrected chi connectivity index (χ1v) is 6.88. The van der Waals surface area contributed by atoms with Crippen LogP contribution in [0.4, 0.5) is 0 Å². The first-order chi connectivity index (χ1) is 9.22. The monoisotopic (exact) mass is 258 g/mol. The molecule has 0 radical (unpaired) electrons. The number of nitrogens with one attached hydrogen (secondary N) is 2. The van der Waals surface area contributed by atoms with E-state index in [9.17, 15) is 9.59 Å². The Labute approximate surface area is 112 Å². The van der Waals surface area contributed by atoms with Crippen molar-refractivity contribution >= 4 is 11.8 Å². The Morgan fingerprint density at radius 3 is 2.79 bits per heavy atom. The quantitative estimate of drug-likeness (QED) is 0.804. The van der Waals surface area contributed by atoms with Crippen LogP contribution in [0.5, 0.6) is 0 Å². The molecule has 0 bridgehead atoms. The molecule has 1 heterocycles. The fourth-order valence-electron chi connectivity index (χ4n) is 2.50. The van der Waals surface area contributed by atoms with Crippen molar-refractivity contribution in [3.05, 3.63) is 35.4 Å². The summed E-state index contributed by atoms with van der Waals surface area (Å²) in [4.78, 5) is 22.7. The summed E-state index contributed by atoms with van der Waals surface area (Å²) in [5.74, 6) is 0.379. The molecule has 100 valence electrons. The van der Waals surface area contributed by atoms with Crippen molar-refractivity contribution in [1.29, 1.82) is 0 Å². The van der Waals surface area contributed by atoms with Gasteiger partial charge in [0.1, 0.15) is 0 Å². The molecular formula is C15H18N2O2. The molecule has 0 aromatic heterocycles. The highest BCUT2D eigenvalue weighted by Crippen LogP contribution is 2.40. The molecule has 4 heteroatoms. The number of hydrogen-bond acceptors (Lipinski definition) is 3. The van der Waals surface area contributed by atoms with E-state index < -0.39 is 0 Å². The molecule has 1 aliphatic heterocycles. The minimum atomic E-state index is -0.248. The van der Waals surface area contributed by atoms with Gasteiger partial charge in [-0.1, -0.05) is 24.3 Å². The van der Waals surface area contributed by atoms with E-state index in [0.717, 1.165) is 5.92 Å². The number of amides is 2. The molecule has 1 saturated carbocycles. The summed E-state index contributed by atoms with van der Waals surface area (Å²) in [5.41, 5.74) is 2.61. The molecule has 2 aliphatic rings. The van der Waals surface area contributed by atoms with E-state index in [1.807, 2.05) is 0 Å². The van der Waals surface area contributed by atoms with Crippen LogP contribution in [0.3, 0.4) is 0 Å². The van der Waals surface area contributed by atoms with Gasteiger partial charge in [0.05, 0.1) is 6.04 Å². The van der Waals surface area contributed by atoms with Gasteiger partial charge in [-0.2, -0.15) is 0 Å². The fraction of sp³-hybridized carbons (Fsp3) is 0.467. The lowest BCUT2D eigenvalue weighted by Gasteiger charge is -2.22. The highest BCUT2D eigenvalue weighted by Gasteiger charge is 2.26. The smallest absolute Gasteiger partial charge is 0.243 e. The van der Waals surface area contributed by atoms with Crippen LogP contribution in [0.2, 0.25) is 0 Å². The van der Waals surface area contributed by atoms with Crippen LogP contribution in [0, 0.1) is 0 Å². The molecule has 1 unspecified atom stereocenters. The first-order valence-electron chi connectivity index (χ1n) is 6.88. The lowest BCUT2D eigenvalue weighted by Crippen LogP contribution is -2.50. The van der Waals surface area contributed by atoms with E-state index >= 15 is 0 Å². The molecule has 1 atom stereocenters. The van der Waals surface area contributed by atoms with E-state index in [2.05, 4.69) is 34.9 Å². The van der Waals surface area contributed by atoms with Crippen LogP contribution in [0.25, 0.3) is 0 Å². The highest BCUT2D eigenvalue weighted by atomic mass is 16.2. The third-order valence-electron chi connectivity index (χ3n) is 3.79. The maximum absolute atomic E-state index is 11.6. The van der Waals surface area contributed by atoms with Gasteiger partial charge in [0.25, 0.3) is 0 Å². The van der Waals surface area contributed by atoms with Crippen LogP contribution in [-0.2, 0) is 16.1 Å². The molecule has 4 nitrogen and oxygen atoms in total. The van der Waals surface area contributed by atoms with Gasteiger partial charge in [0.2, 0.25) is 11.8 Å². The summed E-state index contributed by atoms with van der Waals surface area (Å²) in [6, 6.07) is 8.30. The molecule has 0 spiro atoms. The van der Waals surface area contributed by atoms with Crippen LogP contribution in [-0.4, -0.2) is 17.9 Å². The normalized spacial score (nSPS) is 23.3. The average molecular weight is 258 g/mol. The Morgan fingerprint density at radius 2 is 2.05 bits per heavy atom. The second-order valence-corrected chi connectivity index (χ2v) is 5.40. The maximum atomic E-state index is 11.6. The lowest BCUT2D eigenvalue weighted by atomic mass is 10.0. The van der Waals surface area contributed by atoms with Gasteiger partial charge in [-0.3, -0.25) is 14.9 Å². The Bertz CT molecular complexity index is 509. The van der Waals surface area contributed by atoms with Crippen LogP contribution >= 0.6 is 0 Å². The van der Waals surface area contributed by atoms with Crippen molar-refractivity contribution < 1.29 is 9.59 Å². The number of benzene rings is 1. The average Bonchev–Trinajstić information content (AvgIpc) is 3.22. The number of imide groups is 1. The van der Waals surface area contributed by atoms with Gasteiger partial charge in [0.15, 0.2) is 0 Å². The zero-order chi connectivity index (χ0) is 13.2. The third-order valence-corrected chi connectivity index (χ3v) is 3.79. The number of carbonyl (C=O) groups excluding carboxylic acids is 2. The zero-order valence-electron chi connectivity index (χ0n) is 10.8. The van der Waals surface area contributed by atoms with Crippen molar-refractivity contribution in [1.82, 2.24) is 10.6 Å². The Hall–Kier alpha value is -1.68. The first kappa shape index (κ1) is 12.4. The summed E-state index contributed by atoms with van der Waals surface area (Å²) < 4.78 is 0. The second kappa shape index (κ2) is 5.13. The molecule has 1 saturated heterocycles. The van der Waals surface area contributed by atoms with Gasteiger partial charge >= 0.3 is 0 Å². The van der Waals surface area contributed by atoms with Crippen LogP contribution < -0.4 is 10.6 Å². The van der Waals surface area contributed by atoms with E-state index in [1.165, 1.54) is 24.0 Å². The predicted molar refractivity (Wildman–Crippen MR) is 71.4 cm³/mol. The molecule has 1 aromatic carbocycles. The van der Waals surface area contributed by atoms with Crippen LogP contribution in [0.1, 0.15) is 42.7 Å². The van der Waals surface area contributed by atoms with Crippen LogP contribution in [0.15, 0.2) is 24.3 Å². The summed E-state index contributed by atoms with van der Waals surface area (Å²) in [5, 5.41) is 5.60. The highest BCUT2D eigenvalue weighted by molar-refractivity contribution is 6.00. The van der Waals surface area contributed by atoms with E-state index in [0.29, 0.717) is 19.4 Å². The predicted octanol–water partition coefficient (Wildman–Crippen LogP) is 1.46. The van der Waals surface area contributed by atoms with Crippen molar-refractivity contribution in [3.8, 4) is 0 Å². The summed E-state index contributed by atoms with van der Waals surface area (Å²) >= 11 is 0. The standard InChI is InChI=1S/C15H18N2O2/c18-14-7-6-13(15(19)17-14)16-9-10-2-1-3-12(8-10)11-4-5-11/h1-3,8,11,13,16H,4-7,9H2,(H,17,18,19). The summed E-state index contributed by atoms with van der Waals surface area (Å²) in [7, 11) is 0. The number of rotatable bonds is 4. The molecular weight excluding hydrogens is 240 g/mol.